The summed E-state index contributed by atoms with van der Waals surface area (Å²) in [4.78, 5) is 14.8. The number of aliphatic hydroxyl groups is 1. The quantitative estimate of drug-likeness (QED) is 0.706. The number of likely N-dealkylation sites (N-methyl/N-ethyl adjacent to an activating group) is 1. The number of ether oxygens (including phenoxy) is 1. The summed E-state index contributed by atoms with van der Waals surface area (Å²) in [5.74, 6) is 1.02. The van der Waals surface area contributed by atoms with E-state index >= 15 is 0 Å². The van der Waals surface area contributed by atoms with Crippen molar-refractivity contribution in [3.8, 4) is 6.01 Å². The average molecular weight is 283 g/mol. The van der Waals surface area contributed by atoms with Crippen LogP contribution in [-0.2, 0) is 0 Å². The summed E-state index contributed by atoms with van der Waals surface area (Å²) < 4.78 is 5.56. The third-order valence-corrected chi connectivity index (χ3v) is 2.51. The first-order valence-corrected chi connectivity index (χ1v) is 7.13. The Morgan fingerprint density at radius 1 is 1.25 bits per heavy atom. The monoisotopic (exact) mass is 283 g/mol. The Labute approximate surface area is 120 Å². The maximum atomic E-state index is 9.09. The van der Waals surface area contributed by atoms with E-state index in [1.54, 1.807) is 0 Å². The normalized spacial score (nSPS) is 10.7. The molecule has 0 saturated carbocycles. The molecule has 0 saturated heterocycles. The first kappa shape index (κ1) is 16.4. The van der Waals surface area contributed by atoms with E-state index < -0.39 is 0 Å². The highest BCUT2D eigenvalue weighted by atomic mass is 16.5. The van der Waals surface area contributed by atoms with Gasteiger partial charge in [0.15, 0.2) is 0 Å². The molecule has 0 aliphatic heterocycles. The zero-order valence-corrected chi connectivity index (χ0v) is 12.8. The number of aliphatic hydroxyl groups excluding tert-OH is 1. The molecule has 0 amide bonds. The first-order valence-electron chi connectivity index (χ1n) is 7.13. The largest absolute Gasteiger partial charge is 0.461 e. The van der Waals surface area contributed by atoms with Crippen LogP contribution in [0.3, 0.4) is 0 Å². The third kappa shape index (κ3) is 5.16. The predicted molar refractivity (Wildman–Crippen MR) is 79.3 cm³/mol. The van der Waals surface area contributed by atoms with Crippen molar-refractivity contribution in [1.29, 1.82) is 0 Å². The smallest absolute Gasteiger partial charge is 0.323 e. The Morgan fingerprint density at radius 3 is 2.55 bits per heavy atom. The summed E-state index contributed by atoms with van der Waals surface area (Å²) in [6, 6.07) is 0.306. The van der Waals surface area contributed by atoms with Crippen molar-refractivity contribution >= 4 is 11.9 Å². The van der Waals surface area contributed by atoms with Gasteiger partial charge < -0.3 is 20.1 Å². The molecular weight excluding hydrogens is 258 g/mol. The van der Waals surface area contributed by atoms with Crippen molar-refractivity contribution < 1.29 is 9.84 Å². The Bertz CT molecular complexity index is 400. The number of nitrogens with zero attached hydrogens (tertiary/aromatic N) is 4. The van der Waals surface area contributed by atoms with Crippen molar-refractivity contribution in [2.45, 2.75) is 40.2 Å². The Kier molecular flexibility index (Phi) is 7.00. The summed E-state index contributed by atoms with van der Waals surface area (Å²) in [6.07, 6.45) is 0.979. The van der Waals surface area contributed by atoms with Crippen LogP contribution in [0, 0.1) is 0 Å². The van der Waals surface area contributed by atoms with Crippen LogP contribution in [0.1, 0.15) is 34.1 Å². The number of hydrogen-bond acceptors (Lipinski definition) is 7. The second-order valence-electron chi connectivity index (χ2n) is 4.64. The van der Waals surface area contributed by atoms with E-state index in [2.05, 4.69) is 27.2 Å². The van der Waals surface area contributed by atoms with Gasteiger partial charge in [0.2, 0.25) is 11.9 Å². The molecule has 7 heteroatoms. The zero-order valence-electron chi connectivity index (χ0n) is 12.8. The van der Waals surface area contributed by atoms with Crippen molar-refractivity contribution in [3.63, 3.8) is 0 Å². The van der Waals surface area contributed by atoms with Gasteiger partial charge in [-0.1, -0.05) is 6.92 Å². The van der Waals surface area contributed by atoms with Gasteiger partial charge >= 0.3 is 6.01 Å². The topological polar surface area (TPSA) is 83.4 Å². The predicted octanol–water partition coefficient (Wildman–Crippen LogP) is 1.30. The van der Waals surface area contributed by atoms with Crippen LogP contribution in [0.15, 0.2) is 0 Å². The van der Waals surface area contributed by atoms with E-state index in [4.69, 9.17) is 9.84 Å². The summed E-state index contributed by atoms with van der Waals surface area (Å²) >= 11 is 0. The molecule has 1 aromatic heterocycles. The SMILES string of the molecule is CCCNc1nc(OC(C)C)nc(N(CC)CCO)n1. The fraction of sp³-hybridized carbons (Fsp3) is 0.769. The van der Waals surface area contributed by atoms with Gasteiger partial charge in [0.1, 0.15) is 0 Å². The van der Waals surface area contributed by atoms with Gasteiger partial charge in [0.05, 0.1) is 12.7 Å². The molecular formula is C13H25N5O2. The minimum Gasteiger partial charge on any atom is -0.461 e. The second kappa shape index (κ2) is 8.52. The van der Waals surface area contributed by atoms with Crippen LogP contribution >= 0.6 is 0 Å². The summed E-state index contributed by atoms with van der Waals surface area (Å²) in [6.45, 7) is 9.94. The van der Waals surface area contributed by atoms with Gasteiger partial charge in [-0.2, -0.15) is 15.0 Å². The fourth-order valence-corrected chi connectivity index (χ4v) is 1.59. The van der Waals surface area contributed by atoms with Crippen LogP contribution in [0.5, 0.6) is 6.01 Å². The molecule has 2 N–H and O–H groups in total. The maximum absolute atomic E-state index is 9.09. The van der Waals surface area contributed by atoms with Crippen molar-refractivity contribution in [2.24, 2.45) is 0 Å². The summed E-state index contributed by atoms with van der Waals surface area (Å²) in [5.41, 5.74) is 0. The molecule has 0 aliphatic rings. The van der Waals surface area contributed by atoms with Crippen LogP contribution in [-0.4, -0.2) is 52.4 Å². The zero-order chi connectivity index (χ0) is 15.0. The molecule has 0 fully saturated rings. The lowest BCUT2D eigenvalue weighted by molar-refractivity contribution is 0.222. The number of hydrogen-bond donors (Lipinski definition) is 2. The number of nitrogens with one attached hydrogen (secondary N) is 1. The number of aromatic nitrogens is 3. The summed E-state index contributed by atoms with van der Waals surface area (Å²) in [7, 11) is 0. The van der Waals surface area contributed by atoms with Crippen molar-refractivity contribution in [2.75, 3.05) is 36.5 Å². The second-order valence-corrected chi connectivity index (χ2v) is 4.64. The number of anilines is 2. The molecule has 0 aromatic carbocycles. The van der Waals surface area contributed by atoms with Crippen molar-refractivity contribution in [3.05, 3.63) is 0 Å². The molecule has 0 aliphatic carbocycles. The lowest BCUT2D eigenvalue weighted by Crippen LogP contribution is -2.29. The first-order chi connectivity index (χ1) is 9.60. The van der Waals surface area contributed by atoms with Gasteiger partial charge in [0, 0.05) is 19.6 Å². The Balaban J connectivity index is 3.00. The van der Waals surface area contributed by atoms with Crippen molar-refractivity contribution in [1.82, 2.24) is 15.0 Å². The minimum atomic E-state index is -0.00260. The molecule has 0 unspecified atom stereocenters. The summed E-state index contributed by atoms with van der Waals surface area (Å²) in [5, 5.41) is 12.2. The molecule has 20 heavy (non-hydrogen) atoms. The Hall–Kier alpha value is -1.63. The molecule has 1 rings (SSSR count). The molecule has 114 valence electrons. The van der Waals surface area contributed by atoms with E-state index in [0.29, 0.717) is 31.0 Å². The molecule has 1 heterocycles. The van der Waals surface area contributed by atoms with Gasteiger partial charge in [0.25, 0.3) is 0 Å². The van der Waals surface area contributed by atoms with E-state index in [0.717, 1.165) is 13.0 Å². The maximum Gasteiger partial charge on any atom is 0.323 e. The van der Waals surface area contributed by atoms with E-state index in [1.165, 1.54) is 0 Å². The Morgan fingerprint density at radius 2 is 2.00 bits per heavy atom. The number of rotatable bonds is 9. The van der Waals surface area contributed by atoms with E-state index in [1.807, 2.05) is 25.7 Å². The van der Waals surface area contributed by atoms with Crippen LogP contribution < -0.4 is 15.0 Å². The van der Waals surface area contributed by atoms with Gasteiger partial charge in [-0.05, 0) is 27.2 Å². The molecule has 0 bridgehead atoms. The highest BCUT2D eigenvalue weighted by Gasteiger charge is 2.13. The molecule has 0 atom stereocenters. The highest BCUT2D eigenvalue weighted by Crippen LogP contribution is 2.15. The third-order valence-electron chi connectivity index (χ3n) is 2.51. The molecule has 1 aromatic rings. The lowest BCUT2D eigenvalue weighted by atomic mass is 10.5. The van der Waals surface area contributed by atoms with E-state index in [9.17, 15) is 0 Å². The van der Waals surface area contributed by atoms with E-state index in [-0.39, 0.29) is 12.7 Å². The average Bonchev–Trinajstić information content (AvgIpc) is 2.41. The highest BCUT2D eigenvalue weighted by molar-refractivity contribution is 5.38. The van der Waals surface area contributed by atoms with Gasteiger partial charge in [-0.15, -0.1) is 0 Å². The van der Waals surface area contributed by atoms with Crippen LogP contribution in [0.2, 0.25) is 0 Å². The van der Waals surface area contributed by atoms with Crippen LogP contribution in [0.25, 0.3) is 0 Å². The molecule has 0 spiro atoms. The lowest BCUT2D eigenvalue weighted by Gasteiger charge is -2.20. The standard InChI is InChI=1S/C13H25N5O2/c1-5-7-14-11-15-12(18(6-2)8-9-19)17-13(16-11)20-10(3)4/h10,19H,5-9H2,1-4H3,(H,14,15,16,17). The fourth-order valence-electron chi connectivity index (χ4n) is 1.59. The molecule has 0 radical (unpaired) electrons. The minimum absolute atomic E-state index is 0.00260. The van der Waals surface area contributed by atoms with Gasteiger partial charge in [-0.3, -0.25) is 0 Å². The molecule has 7 nitrogen and oxygen atoms in total. The van der Waals surface area contributed by atoms with Crippen LogP contribution in [0.4, 0.5) is 11.9 Å². The van der Waals surface area contributed by atoms with Gasteiger partial charge in [-0.25, -0.2) is 0 Å².